The Balaban J connectivity index is 1.56. The summed E-state index contributed by atoms with van der Waals surface area (Å²) >= 11 is 1.34. The van der Waals surface area contributed by atoms with Gasteiger partial charge in [0.05, 0.1) is 29.4 Å². The van der Waals surface area contributed by atoms with Gasteiger partial charge in [0.25, 0.3) is 0 Å². The molecule has 5 heterocycles. The lowest BCUT2D eigenvalue weighted by molar-refractivity contribution is -0.0395. The second kappa shape index (κ2) is 8.99. The summed E-state index contributed by atoms with van der Waals surface area (Å²) in [6.07, 6.45) is 6.08. The van der Waals surface area contributed by atoms with Crippen molar-refractivity contribution in [3.63, 3.8) is 0 Å². The number of nitrogens with one attached hydrogen (secondary N) is 1. The third kappa shape index (κ3) is 3.80. The first-order valence-electron chi connectivity index (χ1n) is 11.6. The van der Waals surface area contributed by atoms with E-state index in [1.54, 1.807) is 39.9 Å². The number of fused-ring (bicyclic) bond motifs is 1. The van der Waals surface area contributed by atoms with Crippen LogP contribution in [0, 0.1) is 12.7 Å². The fourth-order valence-electron chi connectivity index (χ4n) is 4.57. The van der Waals surface area contributed by atoms with Crippen molar-refractivity contribution in [3.8, 4) is 38.3 Å². The number of halogens is 1. The molecule has 36 heavy (non-hydrogen) atoms. The molecule has 11 heteroatoms. The number of hydrogen-bond acceptors (Lipinski definition) is 7. The maximum absolute atomic E-state index is 15.2. The lowest BCUT2D eigenvalue weighted by Crippen LogP contribution is -2.18. The molecule has 1 aromatic carbocycles. The van der Waals surface area contributed by atoms with Gasteiger partial charge in [-0.1, -0.05) is 6.07 Å². The summed E-state index contributed by atoms with van der Waals surface area (Å²) < 4.78 is 30.0. The molecule has 6 rings (SSSR count). The third-order valence-corrected chi connectivity index (χ3v) is 7.35. The molecule has 0 amide bonds. The van der Waals surface area contributed by atoms with Gasteiger partial charge >= 0.3 is 0 Å². The number of benzene rings is 1. The van der Waals surface area contributed by atoms with Crippen molar-refractivity contribution < 1.29 is 13.9 Å². The van der Waals surface area contributed by atoms with Crippen LogP contribution in [0.4, 0.5) is 4.39 Å². The maximum Gasteiger partial charge on any atom is 0.193 e. The first kappa shape index (κ1) is 22.6. The standard InChI is InChI=1S/C25H23FN6O3S/c1-14-20(17-12-15(33)9-10-31(17)29-14)25-28-22(21-16(26)6-5-7-18(21)34-2)23(36-25)24-27-13-32(30-24)19-8-3-4-11-35-19/h5-7,9-10,12-13,19,29H,3-4,8,11H2,1-2H3. The zero-order valence-corrected chi connectivity index (χ0v) is 20.5. The molecule has 5 aromatic rings. The molecule has 1 unspecified atom stereocenters. The molecule has 184 valence electrons. The van der Waals surface area contributed by atoms with Crippen LogP contribution in [0.2, 0.25) is 0 Å². The Morgan fingerprint density at radius 2 is 2.14 bits per heavy atom. The van der Waals surface area contributed by atoms with Gasteiger partial charge in [0.2, 0.25) is 0 Å². The number of nitrogens with zero attached hydrogens (tertiary/aromatic N) is 5. The highest BCUT2D eigenvalue weighted by Crippen LogP contribution is 2.44. The third-order valence-electron chi connectivity index (χ3n) is 6.28. The first-order chi connectivity index (χ1) is 17.5. The van der Waals surface area contributed by atoms with Crippen molar-refractivity contribution in [2.75, 3.05) is 13.7 Å². The number of aromatic nitrogens is 6. The summed E-state index contributed by atoms with van der Waals surface area (Å²) in [6.45, 7) is 2.59. The van der Waals surface area contributed by atoms with Gasteiger partial charge in [0.15, 0.2) is 17.5 Å². The van der Waals surface area contributed by atoms with Gasteiger partial charge in [-0.15, -0.1) is 16.4 Å². The van der Waals surface area contributed by atoms with E-state index in [1.807, 2.05) is 6.92 Å². The number of pyridine rings is 1. The van der Waals surface area contributed by atoms with Gasteiger partial charge in [-0.05, 0) is 38.3 Å². The number of aryl methyl sites for hydroxylation is 1. The van der Waals surface area contributed by atoms with Gasteiger partial charge in [-0.3, -0.25) is 14.4 Å². The van der Waals surface area contributed by atoms with Crippen LogP contribution in [-0.2, 0) is 4.74 Å². The van der Waals surface area contributed by atoms with E-state index in [0.717, 1.165) is 30.5 Å². The molecular formula is C25H23FN6O3S. The van der Waals surface area contributed by atoms with Gasteiger partial charge in [-0.25, -0.2) is 19.0 Å². The van der Waals surface area contributed by atoms with Crippen LogP contribution in [0.3, 0.4) is 0 Å². The molecule has 0 aliphatic carbocycles. The average molecular weight is 507 g/mol. The van der Waals surface area contributed by atoms with E-state index in [1.165, 1.54) is 30.6 Å². The van der Waals surface area contributed by atoms with Crippen LogP contribution >= 0.6 is 11.3 Å². The summed E-state index contributed by atoms with van der Waals surface area (Å²) in [5, 5.41) is 8.54. The van der Waals surface area contributed by atoms with Crippen molar-refractivity contribution in [2.24, 2.45) is 0 Å². The Kier molecular flexibility index (Phi) is 5.65. The van der Waals surface area contributed by atoms with E-state index in [-0.39, 0.29) is 17.2 Å². The van der Waals surface area contributed by atoms with Gasteiger partial charge < -0.3 is 9.47 Å². The average Bonchev–Trinajstić information content (AvgIpc) is 3.60. The van der Waals surface area contributed by atoms with Crippen LogP contribution in [0.5, 0.6) is 5.75 Å². The largest absolute Gasteiger partial charge is 0.496 e. The van der Waals surface area contributed by atoms with Crippen LogP contribution in [0.25, 0.3) is 38.0 Å². The van der Waals surface area contributed by atoms with E-state index >= 15 is 4.39 Å². The minimum atomic E-state index is -0.464. The van der Waals surface area contributed by atoms with Crippen molar-refractivity contribution in [1.82, 2.24) is 29.4 Å². The Hall–Kier alpha value is -3.83. The van der Waals surface area contributed by atoms with Crippen LogP contribution in [0.1, 0.15) is 31.2 Å². The van der Waals surface area contributed by atoms with Crippen LogP contribution < -0.4 is 10.2 Å². The molecule has 1 fully saturated rings. The number of hydrogen-bond donors (Lipinski definition) is 1. The highest BCUT2D eigenvalue weighted by atomic mass is 32.1. The molecule has 1 aliphatic rings. The normalized spacial score (nSPS) is 16.0. The highest BCUT2D eigenvalue weighted by molar-refractivity contribution is 7.19. The summed E-state index contributed by atoms with van der Waals surface area (Å²) in [6, 6.07) is 7.70. The van der Waals surface area contributed by atoms with E-state index in [0.29, 0.717) is 39.3 Å². The van der Waals surface area contributed by atoms with Crippen LogP contribution in [-0.4, -0.2) is 43.1 Å². The summed E-state index contributed by atoms with van der Waals surface area (Å²) in [5.74, 6) is 0.312. The van der Waals surface area contributed by atoms with E-state index in [2.05, 4.69) is 10.1 Å². The summed E-state index contributed by atoms with van der Waals surface area (Å²) in [5.41, 5.74) is 2.76. The summed E-state index contributed by atoms with van der Waals surface area (Å²) in [4.78, 5) is 22.1. The van der Waals surface area contributed by atoms with Crippen molar-refractivity contribution in [1.29, 1.82) is 0 Å². The molecule has 9 nitrogen and oxygen atoms in total. The van der Waals surface area contributed by atoms with E-state index in [4.69, 9.17) is 19.6 Å². The maximum atomic E-state index is 15.2. The minimum absolute atomic E-state index is 0.115. The number of rotatable bonds is 5. The van der Waals surface area contributed by atoms with Gasteiger partial charge in [0, 0.05) is 30.6 Å². The molecule has 1 atom stereocenters. The van der Waals surface area contributed by atoms with Crippen LogP contribution in [0.15, 0.2) is 47.7 Å². The number of thiazole rings is 1. The molecule has 0 radical (unpaired) electrons. The molecule has 0 bridgehead atoms. The molecule has 4 aromatic heterocycles. The number of aromatic amines is 1. The molecular weight excluding hydrogens is 483 g/mol. The topological polar surface area (TPSA) is 99.3 Å². The Morgan fingerprint density at radius 1 is 1.25 bits per heavy atom. The van der Waals surface area contributed by atoms with Crippen molar-refractivity contribution >= 4 is 16.9 Å². The lowest BCUT2D eigenvalue weighted by atomic mass is 10.1. The van der Waals surface area contributed by atoms with Gasteiger partial charge in [0.1, 0.15) is 27.8 Å². The van der Waals surface area contributed by atoms with Crippen molar-refractivity contribution in [2.45, 2.75) is 32.4 Å². The number of methoxy groups -OCH3 is 1. The van der Waals surface area contributed by atoms with E-state index in [9.17, 15) is 4.79 Å². The second-order valence-corrected chi connectivity index (χ2v) is 9.61. The molecule has 1 saturated heterocycles. The summed E-state index contributed by atoms with van der Waals surface area (Å²) in [7, 11) is 1.49. The highest BCUT2D eigenvalue weighted by Gasteiger charge is 2.27. The SMILES string of the molecule is COc1cccc(F)c1-c1nc(-c2c(C)[nH]n3ccc(=O)cc23)sc1-c1ncn(C2CCCCO2)n1. The molecule has 1 aliphatic heterocycles. The molecule has 0 saturated carbocycles. The first-order valence-corrected chi connectivity index (χ1v) is 12.4. The van der Waals surface area contributed by atoms with Gasteiger partial charge in [-0.2, -0.15) is 0 Å². The smallest absolute Gasteiger partial charge is 0.193 e. The monoisotopic (exact) mass is 506 g/mol. The Morgan fingerprint density at radius 3 is 2.94 bits per heavy atom. The number of ether oxygens (including phenoxy) is 2. The minimum Gasteiger partial charge on any atom is -0.496 e. The zero-order valence-electron chi connectivity index (χ0n) is 19.7. The Labute approximate surface area is 209 Å². The second-order valence-electron chi connectivity index (χ2n) is 8.61. The molecule has 0 spiro atoms. The fourth-order valence-corrected chi connectivity index (χ4v) is 5.69. The predicted molar refractivity (Wildman–Crippen MR) is 134 cm³/mol. The predicted octanol–water partition coefficient (Wildman–Crippen LogP) is 4.83. The molecule has 1 N–H and O–H groups in total. The lowest BCUT2D eigenvalue weighted by Gasteiger charge is -2.21. The van der Waals surface area contributed by atoms with E-state index < -0.39 is 5.82 Å². The quantitative estimate of drug-likeness (QED) is 0.367. The fraction of sp³-hybridized carbons (Fsp3) is 0.280. The van der Waals surface area contributed by atoms with Crippen molar-refractivity contribution in [3.05, 3.63) is 64.6 Å². The Bertz CT molecular complexity index is 1630. The number of H-pyrrole nitrogens is 1. The zero-order chi connectivity index (χ0) is 24.8.